The standard InChI is InChI=1S/C13H23NO2/c1-3-5-6-7-12(14-8-4-2)13-11-15-9-10-16-13/h1,12-14H,4-11H2,2H3. The summed E-state index contributed by atoms with van der Waals surface area (Å²) in [5, 5.41) is 3.52. The summed E-state index contributed by atoms with van der Waals surface area (Å²) in [7, 11) is 0. The molecule has 3 nitrogen and oxygen atoms in total. The summed E-state index contributed by atoms with van der Waals surface area (Å²) in [4.78, 5) is 0. The van der Waals surface area contributed by atoms with E-state index in [0.717, 1.165) is 38.8 Å². The van der Waals surface area contributed by atoms with E-state index in [4.69, 9.17) is 15.9 Å². The van der Waals surface area contributed by atoms with E-state index < -0.39 is 0 Å². The van der Waals surface area contributed by atoms with E-state index in [1.54, 1.807) is 0 Å². The van der Waals surface area contributed by atoms with Gasteiger partial charge in [0.2, 0.25) is 0 Å². The summed E-state index contributed by atoms with van der Waals surface area (Å²) in [6.45, 7) is 5.34. The molecule has 1 rings (SSSR count). The first kappa shape index (κ1) is 13.5. The third-order valence-electron chi connectivity index (χ3n) is 2.78. The maximum absolute atomic E-state index is 5.73. The van der Waals surface area contributed by atoms with Gasteiger partial charge < -0.3 is 14.8 Å². The van der Waals surface area contributed by atoms with Crippen molar-refractivity contribution in [2.75, 3.05) is 26.4 Å². The molecule has 1 aliphatic rings. The van der Waals surface area contributed by atoms with Crippen LogP contribution >= 0.6 is 0 Å². The van der Waals surface area contributed by atoms with Gasteiger partial charge >= 0.3 is 0 Å². The van der Waals surface area contributed by atoms with Crippen molar-refractivity contribution in [1.29, 1.82) is 0 Å². The van der Waals surface area contributed by atoms with Gasteiger partial charge in [-0.3, -0.25) is 0 Å². The number of unbranched alkanes of at least 4 members (excludes halogenated alkanes) is 1. The van der Waals surface area contributed by atoms with Crippen LogP contribution in [0.1, 0.15) is 32.6 Å². The highest BCUT2D eigenvalue weighted by atomic mass is 16.6. The lowest BCUT2D eigenvalue weighted by molar-refractivity contribution is -0.102. The molecule has 2 unspecified atom stereocenters. The molecule has 0 aromatic carbocycles. The van der Waals surface area contributed by atoms with Crippen molar-refractivity contribution in [3.63, 3.8) is 0 Å². The van der Waals surface area contributed by atoms with Gasteiger partial charge in [0.15, 0.2) is 0 Å². The molecule has 0 saturated carbocycles. The molecule has 1 saturated heterocycles. The number of ether oxygens (including phenoxy) is 2. The fourth-order valence-electron chi connectivity index (χ4n) is 1.91. The first-order valence-corrected chi connectivity index (χ1v) is 6.24. The lowest BCUT2D eigenvalue weighted by Crippen LogP contribution is -2.46. The van der Waals surface area contributed by atoms with Gasteiger partial charge in [-0.05, 0) is 25.8 Å². The van der Waals surface area contributed by atoms with Gasteiger partial charge in [0.25, 0.3) is 0 Å². The Morgan fingerprint density at radius 1 is 1.50 bits per heavy atom. The lowest BCUT2D eigenvalue weighted by Gasteiger charge is -2.31. The highest BCUT2D eigenvalue weighted by Gasteiger charge is 2.23. The van der Waals surface area contributed by atoms with E-state index in [-0.39, 0.29) is 6.10 Å². The third kappa shape index (κ3) is 4.98. The van der Waals surface area contributed by atoms with Crippen molar-refractivity contribution in [3.8, 4) is 12.3 Å². The van der Waals surface area contributed by atoms with Gasteiger partial charge in [-0.15, -0.1) is 12.3 Å². The quantitative estimate of drug-likeness (QED) is 0.527. The zero-order chi connectivity index (χ0) is 11.6. The number of nitrogens with one attached hydrogen (secondary N) is 1. The summed E-state index contributed by atoms with van der Waals surface area (Å²) in [5.41, 5.74) is 0. The Morgan fingerprint density at radius 2 is 2.38 bits per heavy atom. The Balaban J connectivity index is 2.32. The molecule has 0 aliphatic carbocycles. The molecule has 0 bridgehead atoms. The van der Waals surface area contributed by atoms with Gasteiger partial charge in [0.1, 0.15) is 0 Å². The first-order chi connectivity index (χ1) is 7.88. The average molecular weight is 225 g/mol. The van der Waals surface area contributed by atoms with Crippen LogP contribution < -0.4 is 5.32 Å². The SMILES string of the molecule is C#CCCCC(NCCC)C1COCCO1. The largest absolute Gasteiger partial charge is 0.376 e. The predicted molar refractivity (Wildman–Crippen MR) is 65.3 cm³/mol. The molecule has 0 spiro atoms. The smallest absolute Gasteiger partial charge is 0.0962 e. The maximum atomic E-state index is 5.73. The minimum Gasteiger partial charge on any atom is -0.376 e. The number of hydrogen-bond donors (Lipinski definition) is 1. The number of rotatable bonds is 7. The fraction of sp³-hybridized carbons (Fsp3) is 0.846. The van der Waals surface area contributed by atoms with Crippen molar-refractivity contribution in [2.24, 2.45) is 0 Å². The molecule has 92 valence electrons. The minimum absolute atomic E-state index is 0.193. The van der Waals surface area contributed by atoms with Crippen LogP contribution in [0.5, 0.6) is 0 Å². The average Bonchev–Trinajstić information content (AvgIpc) is 2.35. The van der Waals surface area contributed by atoms with Crippen LogP contribution in [0, 0.1) is 12.3 Å². The van der Waals surface area contributed by atoms with Crippen LogP contribution in [-0.2, 0) is 9.47 Å². The fourth-order valence-corrected chi connectivity index (χ4v) is 1.91. The summed E-state index contributed by atoms with van der Waals surface area (Å²) in [6, 6.07) is 0.383. The van der Waals surface area contributed by atoms with Gasteiger partial charge in [-0.25, -0.2) is 0 Å². The normalized spacial score (nSPS) is 22.6. The molecule has 16 heavy (non-hydrogen) atoms. The van der Waals surface area contributed by atoms with Crippen LogP contribution in [0.25, 0.3) is 0 Å². The molecule has 1 aliphatic heterocycles. The van der Waals surface area contributed by atoms with E-state index in [2.05, 4.69) is 18.2 Å². The molecule has 0 radical (unpaired) electrons. The minimum atomic E-state index is 0.193. The Morgan fingerprint density at radius 3 is 3.00 bits per heavy atom. The Kier molecular flexibility index (Phi) is 7.24. The molecule has 0 aromatic heterocycles. The highest BCUT2D eigenvalue weighted by molar-refractivity contribution is 4.85. The monoisotopic (exact) mass is 225 g/mol. The van der Waals surface area contributed by atoms with Crippen LogP contribution in [-0.4, -0.2) is 38.5 Å². The molecule has 3 heteroatoms. The van der Waals surface area contributed by atoms with E-state index in [9.17, 15) is 0 Å². The van der Waals surface area contributed by atoms with Crippen LogP contribution in [0.4, 0.5) is 0 Å². The van der Waals surface area contributed by atoms with Gasteiger partial charge in [-0.1, -0.05) is 6.92 Å². The van der Waals surface area contributed by atoms with Crippen molar-refractivity contribution in [3.05, 3.63) is 0 Å². The molecule has 1 heterocycles. The van der Waals surface area contributed by atoms with Crippen LogP contribution in [0.15, 0.2) is 0 Å². The summed E-state index contributed by atoms with van der Waals surface area (Å²) in [5.74, 6) is 2.68. The van der Waals surface area contributed by atoms with Crippen molar-refractivity contribution >= 4 is 0 Å². The zero-order valence-corrected chi connectivity index (χ0v) is 10.2. The van der Waals surface area contributed by atoms with Crippen molar-refractivity contribution in [2.45, 2.75) is 44.8 Å². The first-order valence-electron chi connectivity index (χ1n) is 6.24. The summed E-state index contributed by atoms with van der Waals surface area (Å²) in [6.07, 6.45) is 9.56. The van der Waals surface area contributed by atoms with Crippen molar-refractivity contribution in [1.82, 2.24) is 5.32 Å². The second-order valence-corrected chi connectivity index (χ2v) is 4.14. The molecule has 0 amide bonds. The van der Waals surface area contributed by atoms with Crippen LogP contribution in [0.3, 0.4) is 0 Å². The molecule has 0 aromatic rings. The third-order valence-corrected chi connectivity index (χ3v) is 2.78. The second-order valence-electron chi connectivity index (χ2n) is 4.14. The second kappa shape index (κ2) is 8.58. The number of hydrogen-bond acceptors (Lipinski definition) is 3. The Hall–Kier alpha value is -0.560. The van der Waals surface area contributed by atoms with Gasteiger partial charge in [-0.2, -0.15) is 0 Å². The Labute approximate surface area is 98.9 Å². The van der Waals surface area contributed by atoms with Crippen molar-refractivity contribution < 1.29 is 9.47 Å². The van der Waals surface area contributed by atoms with E-state index in [1.807, 2.05) is 0 Å². The van der Waals surface area contributed by atoms with E-state index in [1.165, 1.54) is 0 Å². The maximum Gasteiger partial charge on any atom is 0.0962 e. The predicted octanol–water partition coefficient (Wildman–Crippen LogP) is 1.57. The molecule has 2 atom stereocenters. The molecular weight excluding hydrogens is 202 g/mol. The van der Waals surface area contributed by atoms with Crippen LogP contribution in [0.2, 0.25) is 0 Å². The molecular formula is C13H23NO2. The zero-order valence-electron chi connectivity index (χ0n) is 10.2. The van der Waals surface area contributed by atoms with E-state index in [0.29, 0.717) is 19.3 Å². The summed E-state index contributed by atoms with van der Waals surface area (Å²) >= 11 is 0. The van der Waals surface area contributed by atoms with E-state index >= 15 is 0 Å². The van der Waals surface area contributed by atoms with Gasteiger partial charge in [0.05, 0.1) is 25.9 Å². The number of terminal acetylenes is 1. The summed E-state index contributed by atoms with van der Waals surface area (Å²) < 4.78 is 11.2. The highest BCUT2D eigenvalue weighted by Crippen LogP contribution is 2.12. The molecule has 1 N–H and O–H groups in total. The lowest BCUT2D eigenvalue weighted by atomic mass is 10.0. The Bertz CT molecular complexity index is 206. The van der Waals surface area contributed by atoms with Gasteiger partial charge in [0, 0.05) is 12.5 Å². The topological polar surface area (TPSA) is 30.5 Å². The molecule has 1 fully saturated rings.